The van der Waals surface area contributed by atoms with Crippen molar-refractivity contribution in [2.24, 2.45) is 4.99 Å². The summed E-state index contributed by atoms with van der Waals surface area (Å²) in [4.78, 5) is 6.73. The van der Waals surface area contributed by atoms with E-state index in [2.05, 4.69) is 26.6 Å². The number of nitrogens with zero attached hydrogens (tertiary/aromatic N) is 2. The highest BCUT2D eigenvalue weighted by molar-refractivity contribution is 5.79. The maximum atomic E-state index is 13.9. The molecule has 0 atom stereocenters. The molecule has 7 heteroatoms. The number of halogens is 1. The van der Waals surface area contributed by atoms with Gasteiger partial charge < -0.3 is 20.1 Å². The van der Waals surface area contributed by atoms with Crippen LogP contribution in [0.4, 0.5) is 4.39 Å². The van der Waals surface area contributed by atoms with Gasteiger partial charge in [0.1, 0.15) is 0 Å². The van der Waals surface area contributed by atoms with Gasteiger partial charge in [0, 0.05) is 39.3 Å². The third-order valence-electron chi connectivity index (χ3n) is 5.57. The molecule has 0 unspecified atom stereocenters. The maximum Gasteiger partial charge on any atom is 0.191 e. The molecule has 3 rings (SSSR count). The van der Waals surface area contributed by atoms with Crippen molar-refractivity contribution >= 4 is 5.96 Å². The molecule has 2 heterocycles. The Kier molecular flexibility index (Phi) is 8.31. The molecule has 6 nitrogen and oxygen atoms in total. The van der Waals surface area contributed by atoms with Crippen LogP contribution in [0.25, 0.3) is 0 Å². The second kappa shape index (κ2) is 11.2. The number of ether oxygens (including phenoxy) is 2. The summed E-state index contributed by atoms with van der Waals surface area (Å²) >= 11 is 0. The predicted octanol–water partition coefficient (Wildman–Crippen LogP) is 2.70. The predicted molar refractivity (Wildman–Crippen MR) is 114 cm³/mol. The van der Waals surface area contributed by atoms with Gasteiger partial charge in [-0.15, -0.1) is 0 Å². The van der Waals surface area contributed by atoms with Gasteiger partial charge in [0.05, 0.1) is 20.3 Å². The minimum atomic E-state index is -0.298. The number of rotatable bonds is 7. The van der Waals surface area contributed by atoms with Crippen molar-refractivity contribution in [3.8, 4) is 5.75 Å². The number of likely N-dealkylation sites (tertiary alicyclic amines) is 1. The lowest BCUT2D eigenvalue weighted by Gasteiger charge is -2.33. The molecule has 29 heavy (non-hydrogen) atoms. The van der Waals surface area contributed by atoms with E-state index in [4.69, 9.17) is 9.47 Å². The molecule has 1 fully saturated rings. The fraction of sp³-hybridized carbons (Fsp3) is 0.591. The monoisotopic (exact) mass is 404 g/mol. The molecule has 2 aliphatic heterocycles. The van der Waals surface area contributed by atoms with Gasteiger partial charge in [0.2, 0.25) is 0 Å². The topological polar surface area (TPSA) is 58.1 Å². The summed E-state index contributed by atoms with van der Waals surface area (Å²) < 4.78 is 24.2. The molecule has 0 spiro atoms. The first-order valence-electron chi connectivity index (χ1n) is 10.5. The lowest BCUT2D eigenvalue weighted by molar-refractivity contribution is 0.153. The third-order valence-corrected chi connectivity index (χ3v) is 5.57. The minimum Gasteiger partial charge on any atom is -0.494 e. The molecule has 0 radical (unpaired) electrons. The van der Waals surface area contributed by atoms with Crippen LogP contribution >= 0.6 is 0 Å². The number of methoxy groups -OCH3 is 1. The van der Waals surface area contributed by atoms with Gasteiger partial charge in [-0.05, 0) is 43.4 Å². The molecule has 0 amide bonds. The lowest BCUT2D eigenvalue weighted by atomic mass is 10.0. The highest BCUT2D eigenvalue weighted by atomic mass is 19.1. The van der Waals surface area contributed by atoms with Gasteiger partial charge in [-0.25, -0.2) is 4.39 Å². The SMILES string of the molecule is CN=C(NCCC1=CCOCC1)NC1CCN(Cc2ccc(OC)c(F)c2)CC1. The van der Waals surface area contributed by atoms with Crippen LogP contribution in [-0.4, -0.2) is 63.9 Å². The summed E-state index contributed by atoms with van der Waals surface area (Å²) in [7, 11) is 3.30. The van der Waals surface area contributed by atoms with Crippen LogP contribution < -0.4 is 15.4 Å². The van der Waals surface area contributed by atoms with Crippen LogP contribution in [0.3, 0.4) is 0 Å². The molecule has 0 saturated carbocycles. The smallest absolute Gasteiger partial charge is 0.191 e. The molecule has 0 bridgehead atoms. The van der Waals surface area contributed by atoms with Gasteiger partial charge >= 0.3 is 0 Å². The first kappa shape index (κ1) is 21.6. The first-order chi connectivity index (χ1) is 14.2. The van der Waals surface area contributed by atoms with Crippen LogP contribution in [0, 0.1) is 5.82 Å². The normalized spacial score (nSPS) is 19.0. The van der Waals surface area contributed by atoms with Crippen molar-refractivity contribution < 1.29 is 13.9 Å². The van der Waals surface area contributed by atoms with Gasteiger partial charge in [-0.3, -0.25) is 9.89 Å². The van der Waals surface area contributed by atoms with Gasteiger partial charge in [0.15, 0.2) is 17.5 Å². The van der Waals surface area contributed by atoms with E-state index in [0.717, 1.165) is 76.6 Å². The maximum absolute atomic E-state index is 13.9. The number of guanidine groups is 1. The lowest BCUT2D eigenvalue weighted by Crippen LogP contribution is -2.48. The van der Waals surface area contributed by atoms with E-state index in [1.165, 1.54) is 12.7 Å². The quantitative estimate of drug-likeness (QED) is 0.416. The zero-order valence-corrected chi connectivity index (χ0v) is 17.5. The summed E-state index contributed by atoms with van der Waals surface area (Å²) in [6.45, 7) is 5.18. The van der Waals surface area contributed by atoms with Crippen molar-refractivity contribution in [1.29, 1.82) is 0 Å². The summed E-state index contributed by atoms with van der Waals surface area (Å²) in [6.07, 6.45) is 6.33. The summed E-state index contributed by atoms with van der Waals surface area (Å²) in [5.74, 6) is 0.866. The van der Waals surface area contributed by atoms with E-state index >= 15 is 0 Å². The average molecular weight is 405 g/mol. The van der Waals surface area contributed by atoms with Crippen molar-refractivity contribution in [3.05, 3.63) is 41.2 Å². The standard InChI is InChI=1S/C22H33FN4O2/c1-24-22(25-10-5-17-8-13-29-14-9-17)26-19-6-11-27(12-7-19)16-18-3-4-21(28-2)20(23)15-18/h3-4,8,15,19H,5-7,9-14,16H2,1-2H3,(H2,24,25,26). The van der Waals surface area contributed by atoms with E-state index in [1.54, 1.807) is 12.1 Å². The van der Waals surface area contributed by atoms with Crippen LogP contribution in [-0.2, 0) is 11.3 Å². The Morgan fingerprint density at radius 3 is 2.83 bits per heavy atom. The molecule has 1 aromatic rings. The highest BCUT2D eigenvalue weighted by Gasteiger charge is 2.20. The fourth-order valence-electron chi connectivity index (χ4n) is 3.82. The van der Waals surface area contributed by atoms with E-state index in [9.17, 15) is 4.39 Å². The van der Waals surface area contributed by atoms with Crippen molar-refractivity contribution in [2.75, 3.05) is 47.0 Å². The van der Waals surface area contributed by atoms with Crippen LogP contribution in [0.15, 0.2) is 34.8 Å². The number of hydrogen-bond donors (Lipinski definition) is 2. The Bertz CT molecular complexity index is 715. The Hall–Kier alpha value is -2.12. The molecule has 1 saturated heterocycles. The molecule has 0 aliphatic carbocycles. The van der Waals surface area contributed by atoms with Gasteiger partial charge in [0.25, 0.3) is 0 Å². The Balaban J connectivity index is 1.38. The van der Waals surface area contributed by atoms with E-state index in [1.807, 2.05) is 13.1 Å². The average Bonchev–Trinajstić information content (AvgIpc) is 2.75. The zero-order valence-electron chi connectivity index (χ0n) is 17.5. The Morgan fingerprint density at radius 1 is 1.34 bits per heavy atom. The Morgan fingerprint density at radius 2 is 2.17 bits per heavy atom. The second-order valence-corrected chi connectivity index (χ2v) is 7.60. The molecule has 2 aliphatic rings. The molecule has 0 aromatic heterocycles. The van der Waals surface area contributed by atoms with Crippen LogP contribution in [0.2, 0.25) is 0 Å². The minimum absolute atomic E-state index is 0.295. The number of aliphatic imine (C=N–C) groups is 1. The van der Waals surface area contributed by atoms with E-state index < -0.39 is 0 Å². The van der Waals surface area contributed by atoms with Crippen LogP contribution in [0.5, 0.6) is 5.75 Å². The van der Waals surface area contributed by atoms with Crippen molar-refractivity contribution in [3.63, 3.8) is 0 Å². The van der Waals surface area contributed by atoms with E-state index in [-0.39, 0.29) is 5.82 Å². The van der Waals surface area contributed by atoms with Gasteiger partial charge in [-0.2, -0.15) is 0 Å². The zero-order chi connectivity index (χ0) is 20.5. The van der Waals surface area contributed by atoms with E-state index in [0.29, 0.717) is 11.8 Å². The fourth-order valence-corrected chi connectivity index (χ4v) is 3.82. The number of nitrogens with one attached hydrogen (secondary N) is 2. The Labute approximate surface area is 173 Å². The highest BCUT2D eigenvalue weighted by Crippen LogP contribution is 2.20. The number of piperidine rings is 1. The number of benzene rings is 1. The summed E-state index contributed by atoms with van der Waals surface area (Å²) in [5, 5.41) is 6.97. The third kappa shape index (κ3) is 6.72. The van der Waals surface area contributed by atoms with Crippen molar-refractivity contribution in [2.45, 2.75) is 38.3 Å². The first-order valence-corrected chi connectivity index (χ1v) is 10.5. The molecule has 2 N–H and O–H groups in total. The molecule has 160 valence electrons. The molecule has 1 aromatic carbocycles. The summed E-state index contributed by atoms with van der Waals surface area (Å²) in [6, 6.07) is 5.62. The summed E-state index contributed by atoms with van der Waals surface area (Å²) in [5.41, 5.74) is 2.44. The second-order valence-electron chi connectivity index (χ2n) is 7.60. The molecular weight excluding hydrogens is 371 g/mol. The molecular formula is C22H33FN4O2. The largest absolute Gasteiger partial charge is 0.494 e. The van der Waals surface area contributed by atoms with Gasteiger partial charge in [-0.1, -0.05) is 17.7 Å². The number of hydrogen-bond acceptors (Lipinski definition) is 4. The van der Waals surface area contributed by atoms with Crippen LogP contribution in [0.1, 0.15) is 31.2 Å². The van der Waals surface area contributed by atoms with Crippen molar-refractivity contribution in [1.82, 2.24) is 15.5 Å².